The SMILES string of the molecule is Cc1nc2[c-]c(C)c(C)[c-]c2s1.[Rb+].[Re]. The zero-order valence-electron chi connectivity index (χ0n) is 8.73. The number of aryl methyl sites for hydroxylation is 3. The molecule has 1 nitrogen and oxygen atoms in total. The number of hydrogen-bond donors (Lipinski definition) is 0. The second-order valence-corrected chi connectivity index (χ2v) is 4.11. The van der Waals surface area contributed by atoms with Crippen LogP contribution in [0.25, 0.3) is 10.2 Å². The first kappa shape index (κ1) is 15.6. The van der Waals surface area contributed by atoms with Crippen molar-refractivity contribution >= 4 is 21.6 Å². The van der Waals surface area contributed by atoms with Crippen LogP contribution in [0.3, 0.4) is 0 Å². The molecule has 0 aliphatic heterocycles. The van der Waals surface area contributed by atoms with E-state index >= 15 is 0 Å². The van der Waals surface area contributed by atoms with Crippen molar-refractivity contribution < 1.29 is 78.6 Å². The molecule has 0 saturated heterocycles. The van der Waals surface area contributed by atoms with E-state index in [1.54, 1.807) is 11.3 Å². The van der Waals surface area contributed by atoms with E-state index in [0.717, 1.165) is 20.8 Å². The van der Waals surface area contributed by atoms with Crippen LogP contribution in [0, 0.1) is 32.9 Å². The van der Waals surface area contributed by atoms with Gasteiger partial charge >= 0.3 is 58.2 Å². The normalized spacial score (nSPS) is 9.36. The van der Waals surface area contributed by atoms with E-state index in [0.29, 0.717) is 0 Å². The van der Waals surface area contributed by atoms with Crippen LogP contribution in [0.1, 0.15) is 16.1 Å². The molecule has 4 heteroatoms. The molecular formula is C10H9NRbReS-. The summed E-state index contributed by atoms with van der Waals surface area (Å²) in [4.78, 5) is 4.35. The van der Waals surface area contributed by atoms with Crippen LogP contribution in [0.5, 0.6) is 0 Å². The minimum Gasteiger partial charge on any atom is -0.334 e. The van der Waals surface area contributed by atoms with Gasteiger partial charge in [-0.25, -0.2) is 11.3 Å². The van der Waals surface area contributed by atoms with E-state index in [4.69, 9.17) is 0 Å². The molecule has 14 heavy (non-hydrogen) atoms. The van der Waals surface area contributed by atoms with Gasteiger partial charge in [-0.15, -0.1) is 19.4 Å². The van der Waals surface area contributed by atoms with Crippen molar-refractivity contribution in [2.45, 2.75) is 20.8 Å². The van der Waals surface area contributed by atoms with E-state index in [9.17, 15) is 0 Å². The molecule has 2 rings (SSSR count). The topological polar surface area (TPSA) is 12.9 Å². The summed E-state index contributed by atoms with van der Waals surface area (Å²) in [5.41, 5.74) is 3.28. The number of nitrogens with zero attached hydrogens (tertiary/aromatic N) is 1. The summed E-state index contributed by atoms with van der Waals surface area (Å²) >= 11 is 1.68. The zero-order chi connectivity index (χ0) is 8.72. The Morgan fingerprint density at radius 2 is 1.64 bits per heavy atom. The van der Waals surface area contributed by atoms with Gasteiger partial charge in [0.2, 0.25) is 0 Å². The molecule has 0 N–H and O–H groups in total. The maximum absolute atomic E-state index is 4.35. The monoisotopic (exact) mass is 447 g/mol. The largest absolute Gasteiger partial charge is 1.00 e. The Hall–Kier alpha value is 1.58. The smallest absolute Gasteiger partial charge is 0.334 e. The molecule has 2 aromatic rings. The fourth-order valence-corrected chi connectivity index (χ4v) is 1.96. The van der Waals surface area contributed by atoms with Crippen molar-refractivity contribution in [3.05, 3.63) is 28.3 Å². The third-order valence-corrected chi connectivity index (χ3v) is 2.79. The maximum Gasteiger partial charge on any atom is 1.00 e. The first-order chi connectivity index (χ1) is 5.66. The van der Waals surface area contributed by atoms with Crippen LogP contribution in [0.2, 0.25) is 0 Å². The number of thiazole rings is 1. The molecule has 0 aliphatic rings. The van der Waals surface area contributed by atoms with Crippen LogP contribution in [0.15, 0.2) is 0 Å². The summed E-state index contributed by atoms with van der Waals surface area (Å²) in [6.45, 7) is 6.11. The van der Waals surface area contributed by atoms with E-state index in [1.807, 2.05) is 13.8 Å². The van der Waals surface area contributed by atoms with Gasteiger partial charge < -0.3 is 4.98 Å². The third kappa shape index (κ3) is 3.28. The predicted octanol–water partition coefficient (Wildman–Crippen LogP) is -0.177. The van der Waals surface area contributed by atoms with Crippen molar-refractivity contribution in [3.8, 4) is 0 Å². The predicted molar refractivity (Wildman–Crippen MR) is 51.5 cm³/mol. The molecule has 0 fully saturated rings. The van der Waals surface area contributed by atoms with Crippen molar-refractivity contribution in [2.75, 3.05) is 0 Å². The Balaban J connectivity index is 0.000000845. The second-order valence-electron chi connectivity index (χ2n) is 2.91. The molecule has 0 unspecified atom stereocenters. The first-order valence-corrected chi connectivity index (χ1v) is 4.67. The molecule has 0 amide bonds. The minimum atomic E-state index is 0. The quantitative estimate of drug-likeness (QED) is 0.512. The zero-order valence-corrected chi connectivity index (χ0v) is 17.2. The van der Waals surface area contributed by atoms with Crippen LogP contribution in [-0.4, -0.2) is 4.98 Å². The van der Waals surface area contributed by atoms with Crippen LogP contribution >= 0.6 is 11.3 Å². The number of rotatable bonds is 0. The summed E-state index contributed by atoms with van der Waals surface area (Å²) in [6.07, 6.45) is 0. The number of benzene rings is 1. The Morgan fingerprint density at radius 1 is 1.07 bits per heavy atom. The van der Waals surface area contributed by atoms with Crippen molar-refractivity contribution in [3.63, 3.8) is 0 Å². The van der Waals surface area contributed by atoms with Gasteiger partial charge in [0, 0.05) is 20.4 Å². The Kier molecular flexibility index (Phi) is 7.06. The summed E-state index contributed by atoms with van der Waals surface area (Å²) in [6, 6.07) is 6.55. The molecular weight excluding hydrogens is 438 g/mol. The van der Waals surface area contributed by atoms with Gasteiger partial charge in [0.05, 0.1) is 5.01 Å². The average molecular weight is 447 g/mol. The number of aromatic nitrogens is 1. The third-order valence-electron chi connectivity index (χ3n) is 1.90. The molecule has 1 aromatic heterocycles. The molecule has 0 saturated carbocycles. The minimum absolute atomic E-state index is 0. The molecule has 1 radical (unpaired) electrons. The van der Waals surface area contributed by atoms with Crippen LogP contribution in [-0.2, 0) is 20.4 Å². The standard InChI is InChI=1S/C10H9NS.Rb.Re/c1-6-4-9-10(5-7(6)2)12-8(3)11-9;;/h1-3H3;;/q-2;+1;. The Labute approximate surface area is 151 Å². The maximum atomic E-state index is 4.35. The van der Waals surface area contributed by atoms with Crippen molar-refractivity contribution in [1.29, 1.82) is 0 Å². The fourth-order valence-electron chi connectivity index (χ4n) is 1.13. The van der Waals surface area contributed by atoms with Gasteiger partial charge in [-0.1, -0.05) is 0 Å². The molecule has 0 spiro atoms. The van der Waals surface area contributed by atoms with E-state index in [2.05, 4.69) is 24.0 Å². The summed E-state index contributed by atoms with van der Waals surface area (Å²) in [5.74, 6) is 0. The van der Waals surface area contributed by atoms with Gasteiger partial charge in [-0.05, 0) is 6.92 Å². The molecule has 69 valence electrons. The van der Waals surface area contributed by atoms with Gasteiger partial charge in [-0.3, -0.25) is 23.3 Å². The van der Waals surface area contributed by atoms with E-state index in [1.165, 1.54) is 5.56 Å². The molecule has 0 atom stereocenters. The van der Waals surface area contributed by atoms with E-state index in [-0.39, 0.29) is 78.6 Å². The van der Waals surface area contributed by atoms with Gasteiger partial charge in [0.25, 0.3) is 0 Å². The van der Waals surface area contributed by atoms with Gasteiger partial charge in [0.1, 0.15) is 0 Å². The Bertz CT molecular complexity index is 400. The molecule has 1 heterocycles. The Morgan fingerprint density at radius 3 is 2.29 bits per heavy atom. The first-order valence-electron chi connectivity index (χ1n) is 3.86. The van der Waals surface area contributed by atoms with Crippen LogP contribution < -0.4 is 58.2 Å². The second kappa shape index (κ2) is 6.35. The molecule has 0 bridgehead atoms. The summed E-state index contributed by atoms with van der Waals surface area (Å²) in [5, 5.41) is 1.09. The summed E-state index contributed by atoms with van der Waals surface area (Å²) < 4.78 is 1.12. The van der Waals surface area contributed by atoms with Crippen LogP contribution in [0.4, 0.5) is 0 Å². The molecule has 1 aromatic carbocycles. The average Bonchev–Trinajstić information content (AvgIpc) is 2.30. The fraction of sp³-hybridized carbons (Fsp3) is 0.300. The number of fused-ring (bicyclic) bond motifs is 1. The number of hydrogen-bond acceptors (Lipinski definition) is 2. The van der Waals surface area contributed by atoms with Gasteiger partial charge in [-0.2, -0.15) is 4.70 Å². The van der Waals surface area contributed by atoms with Crippen molar-refractivity contribution in [1.82, 2.24) is 4.98 Å². The summed E-state index contributed by atoms with van der Waals surface area (Å²) in [7, 11) is 0. The van der Waals surface area contributed by atoms with Gasteiger partial charge in [0.15, 0.2) is 0 Å². The van der Waals surface area contributed by atoms with E-state index < -0.39 is 0 Å². The molecule has 0 aliphatic carbocycles. The van der Waals surface area contributed by atoms with Crippen molar-refractivity contribution in [2.24, 2.45) is 0 Å².